The van der Waals surface area contributed by atoms with Crippen LogP contribution in [0.4, 0.5) is 17.1 Å². The lowest BCUT2D eigenvalue weighted by Crippen LogP contribution is -2.47. The number of amides is 1. The van der Waals surface area contributed by atoms with Crippen molar-refractivity contribution in [1.82, 2.24) is 19.6 Å². The summed E-state index contributed by atoms with van der Waals surface area (Å²) in [5.41, 5.74) is 4.14. The van der Waals surface area contributed by atoms with Crippen molar-refractivity contribution in [1.29, 1.82) is 0 Å². The van der Waals surface area contributed by atoms with Gasteiger partial charge in [0.05, 0.1) is 21.6 Å². The van der Waals surface area contributed by atoms with E-state index in [0.29, 0.717) is 37.2 Å². The predicted octanol–water partition coefficient (Wildman–Crippen LogP) is 6.81. The number of nitrogens with one attached hydrogen (secondary N) is 3. The average molecular weight is 780 g/mol. The second-order valence-corrected chi connectivity index (χ2v) is 16.3. The van der Waals surface area contributed by atoms with Gasteiger partial charge in [-0.2, -0.15) is 0 Å². The van der Waals surface area contributed by atoms with Crippen LogP contribution in [0.15, 0.2) is 90.1 Å². The van der Waals surface area contributed by atoms with Crippen LogP contribution in [0.3, 0.4) is 0 Å². The first kappa shape index (κ1) is 37.4. The van der Waals surface area contributed by atoms with E-state index in [1.165, 1.54) is 42.3 Å². The van der Waals surface area contributed by atoms with Crippen LogP contribution in [0, 0.1) is 16.0 Å². The summed E-state index contributed by atoms with van der Waals surface area (Å²) in [4.78, 5) is 37.1. The lowest BCUT2D eigenvalue weighted by atomic mass is 9.97. The molecule has 56 heavy (non-hydrogen) atoms. The molecule has 15 heteroatoms. The number of carbonyl (C=O) groups excluding carboxylic acids is 1. The predicted molar refractivity (Wildman–Crippen MR) is 213 cm³/mol. The Labute approximate surface area is 325 Å². The summed E-state index contributed by atoms with van der Waals surface area (Å²) in [6, 6.07) is 21.5. The Morgan fingerprint density at radius 3 is 2.62 bits per heavy atom. The molecule has 1 unspecified atom stereocenters. The number of benzene rings is 3. The monoisotopic (exact) mass is 779 g/mol. The van der Waals surface area contributed by atoms with Crippen LogP contribution < -0.4 is 19.7 Å². The summed E-state index contributed by atoms with van der Waals surface area (Å²) >= 11 is 0. The SMILES string of the molecule is O=C(NS(=O)(=O)c1ccc(NCC2CCOCC2)c([N+](=O)[O-])c1)c1ccc(N2CCN(C3CCCCc4ccccc43)CC2)cc1Oc1cnc2[nH]ccc2c1. The summed E-state index contributed by atoms with van der Waals surface area (Å²) in [6.07, 6.45) is 9.59. The van der Waals surface area contributed by atoms with Gasteiger partial charge in [-0.1, -0.05) is 30.7 Å². The number of anilines is 2. The van der Waals surface area contributed by atoms with Crippen molar-refractivity contribution in [2.24, 2.45) is 5.92 Å². The molecule has 0 bridgehead atoms. The zero-order chi connectivity index (χ0) is 38.6. The number of rotatable bonds is 11. The van der Waals surface area contributed by atoms with Crippen molar-refractivity contribution in [2.45, 2.75) is 49.5 Å². The van der Waals surface area contributed by atoms with Gasteiger partial charge < -0.3 is 24.7 Å². The fourth-order valence-electron chi connectivity index (χ4n) is 8.07. The van der Waals surface area contributed by atoms with Gasteiger partial charge in [0.1, 0.15) is 22.8 Å². The number of aryl methyl sites for hydroxylation is 1. The molecule has 0 saturated carbocycles. The third kappa shape index (κ3) is 8.20. The number of nitro groups is 1. The van der Waals surface area contributed by atoms with E-state index in [2.05, 4.69) is 54.1 Å². The van der Waals surface area contributed by atoms with Crippen LogP contribution >= 0.6 is 0 Å². The topological polar surface area (TPSA) is 172 Å². The molecular weight excluding hydrogens is 735 g/mol. The molecule has 3 aromatic carbocycles. The summed E-state index contributed by atoms with van der Waals surface area (Å²) in [5.74, 6) is -0.153. The summed E-state index contributed by atoms with van der Waals surface area (Å²) in [6.45, 7) is 4.99. The molecule has 1 amide bonds. The first-order valence-corrected chi connectivity index (χ1v) is 20.7. The largest absolute Gasteiger partial charge is 0.455 e. The number of sulfonamides is 1. The first-order valence-electron chi connectivity index (χ1n) is 19.2. The molecule has 1 atom stereocenters. The lowest BCUT2D eigenvalue weighted by molar-refractivity contribution is -0.384. The average Bonchev–Trinajstić information content (AvgIpc) is 3.58. The smallest absolute Gasteiger partial charge is 0.293 e. The maximum Gasteiger partial charge on any atom is 0.293 e. The Hall–Kier alpha value is -5.51. The Balaban J connectivity index is 1.02. The quantitative estimate of drug-likeness (QED) is 0.0731. The van der Waals surface area contributed by atoms with Crippen molar-refractivity contribution >= 4 is 44.0 Å². The number of nitrogens with zero attached hydrogens (tertiary/aromatic N) is 4. The molecule has 292 valence electrons. The molecule has 3 N–H and O–H groups in total. The van der Waals surface area contributed by atoms with Gasteiger partial charge in [0.15, 0.2) is 0 Å². The van der Waals surface area contributed by atoms with Crippen molar-refractivity contribution in [3.8, 4) is 11.5 Å². The third-order valence-electron chi connectivity index (χ3n) is 11.1. The van der Waals surface area contributed by atoms with Crippen molar-refractivity contribution in [2.75, 3.05) is 56.2 Å². The zero-order valence-electron chi connectivity index (χ0n) is 31.0. The van der Waals surface area contributed by atoms with Gasteiger partial charge in [0.2, 0.25) is 0 Å². The highest BCUT2D eigenvalue weighted by molar-refractivity contribution is 7.90. The van der Waals surface area contributed by atoms with E-state index < -0.39 is 31.4 Å². The number of H-pyrrole nitrogens is 1. The maximum atomic E-state index is 13.8. The van der Waals surface area contributed by atoms with E-state index >= 15 is 0 Å². The van der Waals surface area contributed by atoms with Gasteiger partial charge in [-0.15, -0.1) is 0 Å². The fourth-order valence-corrected chi connectivity index (χ4v) is 9.05. The van der Waals surface area contributed by atoms with Crippen LogP contribution in [-0.2, 0) is 21.2 Å². The molecule has 0 spiro atoms. The molecular formula is C41H45N7O7S. The highest BCUT2D eigenvalue weighted by Crippen LogP contribution is 2.36. The van der Waals surface area contributed by atoms with E-state index in [0.717, 1.165) is 69.0 Å². The summed E-state index contributed by atoms with van der Waals surface area (Å²) in [7, 11) is -4.53. The molecule has 2 saturated heterocycles. The van der Waals surface area contributed by atoms with Crippen LogP contribution in [0.1, 0.15) is 59.6 Å². The molecule has 1 aliphatic carbocycles. The fraction of sp³-hybridized carbons (Fsp3) is 0.366. The van der Waals surface area contributed by atoms with Gasteiger partial charge in [0.25, 0.3) is 21.6 Å². The molecule has 2 fully saturated rings. The molecule has 4 heterocycles. The van der Waals surface area contributed by atoms with Crippen molar-refractivity contribution < 1.29 is 27.6 Å². The summed E-state index contributed by atoms with van der Waals surface area (Å²) in [5, 5.41) is 15.9. The van der Waals surface area contributed by atoms with Crippen LogP contribution in [0.25, 0.3) is 11.0 Å². The number of hydrogen-bond donors (Lipinski definition) is 3. The van der Waals surface area contributed by atoms with Crippen molar-refractivity contribution in [3.63, 3.8) is 0 Å². The van der Waals surface area contributed by atoms with Gasteiger partial charge in [0, 0.05) is 81.4 Å². The van der Waals surface area contributed by atoms with Crippen LogP contribution in [0.5, 0.6) is 11.5 Å². The van der Waals surface area contributed by atoms with E-state index in [-0.39, 0.29) is 22.9 Å². The molecule has 3 aliphatic rings. The van der Waals surface area contributed by atoms with Gasteiger partial charge in [-0.05, 0) is 85.5 Å². The van der Waals surface area contributed by atoms with E-state index in [4.69, 9.17) is 9.47 Å². The van der Waals surface area contributed by atoms with E-state index in [9.17, 15) is 23.3 Å². The normalized spacial score (nSPS) is 18.2. The Morgan fingerprint density at radius 2 is 1.80 bits per heavy atom. The Morgan fingerprint density at radius 1 is 0.982 bits per heavy atom. The third-order valence-corrected chi connectivity index (χ3v) is 12.5. The molecule has 14 nitrogen and oxygen atoms in total. The molecule has 2 aromatic heterocycles. The number of ether oxygens (including phenoxy) is 2. The number of pyridine rings is 1. The number of hydrogen-bond acceptors (Lipinski definition) is 11. The number of aromatic amines is 1. The highest BCUT2D eigenvalue weighted by Gasteiger charge is 2.30. The summed E-state index contributed by atoms with van der Waals surface area (Å²) < 4.78 is 41.0. The second-order valence-electron chi connectivity index (χ2n) is 14.7. The molecule has 8 rings (SSSR count). The number of piperazine rings is 1. The number of carbonyl (C=O) groups is 1. The minimum absolute atomic E-state index is 0.0237. The molecule has 0 radical (unpaired) electrons. The second kappa shape index (κ2) is 16.3. The highest BCUT2D eigenvalue weighted by atomic mass is 32.2. The number of aromatic nitrogens is 2. The Bertz CT molecular complexity index is 2340. The minimum Gasteiger partial charge on any atom is -0.455 e. The maximum absolute atomic E-state index is 13.8. The first-order chi connectivity index (χ1) is 27.2. The van der Waals surface area contributed by atoms with E-state index in [1.54, 1.807) is 30.5 Å². The minimum atomic E-state index is -4.53. The lowest BCUT2D eigenvalue weighted by Gasteiger charge is -2.40. The number of fused-ring (bicyclic) bond motifs is 2. The molecule has 5 aromatic rings. The Kier molecular flexibility index (Phi) is 10.9. The van der Waals surface area contributed by atoms with Gasteiger partial charge in [-0.25, -0.2) is 18.1 Å². The van der Waals surface area contributed by atoms with E-state index in [1.807, 2.05) is 6.07 Å². The number of nitro benzene ring substituents is 1. The molecule has 2 aliphatic heterocycles. The van der Waals surface area contributed by atoms with Crippen molar-refractivity contribution in [3.05, 3.63) is 112 Å². The van der Waals surface area contributed by atoms with Gasteiger partial charge in [-0.3, -0.25) is 19.8 Å². The standard InChI is InChI=1S/C41H45N7O7S/c49-41(45-56(52,53)33-10-12-36(38(25-33)48(50)51)43-26-28-14-21-54-22-15-28)35-11-9-31(24-39(35)55-32-23-30-13-16-42-40(30)44-27-32)46-17-19-47(20-18-46)37-8-4-2-6-29-5-1-3-7-34(29)37/h1,3,5,7,9-13,16,23-25,27-28,37,43H,2,4,6,8,14-15,17-22,26H2,(H,42,44)(H,45,49). The van der Waals surface area contributed by atoms with Gasteiger partial charge >= 0.3 is 0 Å². The van der Waals surface area contributed by atoms with Crippen LogP contribution in [0.2, 0.25) is 0 Å². The van der Waals surface area contributed by atoms with Crippen LogP contribution in [-0.4, -0.2) is 80.1 Å². The zero-order valence-corrected chi connectivity index (χ0v) is 31.8.